The number of hydrogen-bond donors (Lipinski definition) is 2. The maximum absolute atomic E-state index is 12.9. The summed E-state index contributed by atoms with van der Waals surface area (Å²) in [5.41, 5.74) is 4.32. The van der Waals surface area contributed by atoms with Gasteiger partial charge in [-0.1, -0.05) is 6.07 Å². The topological polar surface area (TPSA) is 81.7 Å². The van der Waals surface area contributed by atoms with E-state index in [2.05, 4.69) is 21.7 Å². The van der Waals surface area contributed by atoms with Gasteiger partial charge in [-0.25, -0.2) is 0 Å². The number of aryl methyl sites for hydroxylation is 1. The van der Waals surface area contributed by atoms with Crippen molar-refractivity contribution in [2.45, 2.75) is 51.4 Å². The van der Waals surface area contributed by atoms with Gasteiger partial charge >= 0.3 is 0 Å². The Labute approximate surface area is 206 Å². The summed E-state index contributed by atoms with van der Waals surface area (Å²) in [6.45, 7) is 5.84. The van der Waals surface area contributed by atoms with Crippen molar-refractivity contribution in [2.24, 2.45) is 0 Å². The van der Waals surface area contributed by atoms with Crippen LogP contribution >= 0.6 is 0 Å². The average molecular weight is 476 g/mol. The molecule has 0 spiro atoms. The number of benzene rings is 2. The second kappa shape index (κ2) is 11.2. The number of fused-ring (bicyclic) bond motifs is 1. The number of aromatic nitrogens is 1. The fraction of sp³-hybridized carbons (Fsp3) is 0.429. The van der Waals surface area contributed by atoms with Crippen LogP contribution < -0.4 is 15.4 Å². The van der Waals surface area contributed by atoms with Crippen molar-refractivity contribution in [3.63, 3.8) is 0 Å². The Balaban J connectivity index is 1.18. The molecule has 2 aliphatic heterocycles. The van der Waals surface area contributed by atoms with Crippen molar-refractivity contribution < 1.29 is 19.0 Å². The normalized spacial score (nSPS) is 19.8. The molecule has 2 aliphatic rings. The van der Waals surface area contributed by atoms with Gasteiger partial charge < -0.3 is 24.8 Å². The van der Waals surface area contributed by atoms with E-state index in [1.807, 2.05) is 37.4 Å². The van der Waals surface area contributed by atoms with Crippen molar-refractivity contribution >= 4 is 22.5 Å². The molecule has 3 aromatic rings. The van der Waals surface area contributed by atoms with Crippen molar-refractivity contribution in [1.82, 2.24) is 10.3 Å². The average Bonchev–Trinajstić information content (AvgIpc) is 3.59. The molecule has 3 heterocycles. The second-order valence-corrected chi connectivity index (χ2v) is 9.34. The lowest BCUT2D eigenvalue weighted by molar-refractivity contribution is 0.0679. The van der Waals surface area contributed by atoms with Crippen LogP contribution in [0.2, 0.25) is 0 Å². The molecule has 0 aliphatic carbocycles. The van der Waals surface area contributed by atoms with Crippen LogP contribution in [0.5, 0.6) is 5.75 Å². The minimum absolute atomic E-state index is 0.159. The molecule has 2 N–H and O–H groups in total. The molecule has 0 saturated carbocycles. The molecular weight excluding hydrogens is 442 g/mol. The van der Waals surface area contributed by atoms with Crippen LogP contribution in [-0.4, -0.2) is 49.5 Å². The standard InChI is InChI=1S/C28H33N3O4/c1-19-26(31-28(32)21-6-9-23(10-7-21)35-18-25-5-3-13-34-25)11-8-22-14-20(16-30-27(19)22)15-29-17-24-4-2-12-33-24/h6-11,14,16,24-25,29H,2-5,12-13,15,17-18H2,1H3,(H,31,32)/t24-,25-/m1/s1. The van der Waals surface area contributed by atoms with Crippen molar-refractivity contribution in [3.05, 3.63) is 65.4 Å². The summed E-state index contributed by atoms with van der Waals surface area (Å²) in [4.78, 5) is 17.5. The summed E-state index contributed by atoms with van der Waals surface area (Å²) in [7, 11) is 0. The lowest BCUT2D eigenvalue weighted by atomic mass is 10.1. The number of carbonyl (C=O) groups is 1. The number of hydrogen-bond acceptors (Lipinski definition) is 6. The van der Waals surface area contributed by atoms with Crippen LogP contribution in [0, 0.1) is 6.92 Å². The van der Waals surface area contributed by atoms with Gasteiger partial charge in [0.05, 0.1) is 17.7 Å². The Morgan fingerprint density at radius 2 is 1.83 bits per heavy atom. The molecule has 7 nitrogen and oxygen atoms in total. The Morgan fingerprint density at radius 1 is 1.06 bits per heavy atom. The zero-order valence-electron chi connectivity index (χ0n) is 20.2. The van der Waals surface area contributed by atoms with Crippen LogP contribution in [0.3, 0.4) is 0 Å². The molecule has 35 heavy (non-hydrogen) atoms. The third kappa shape index (κ3) is 5.99. The van der Waals surface area contributed by atoms with E-state index < -0.39 is 0 Å². The van der Waals surface area contributed by atoms with Crippen LogP contribution in [0.4, 0.5) is 5.69 Å². The second-order valence-electron chi connectivity index (χ2n) is 9.34. The Morgan fingerprint density at radius 3 is 2.57 bits per heavy atom. The highest BCUT2D eigenvalue weighted by Gasteiger charge is 2.17. The van der Waals surface area contributed by atoms with E-state index in [0.29, 0.717) is 18.3 Å². The van der Waals surface area contributed by atoms with E-state index in [4.69, 9.17) is 14.2 Å². The number of ether oxygens (including phenoxy) is 3. The zero-order chi connectivity index (χ0) is 24.0. The molecule has 0 radical (unpaired) electrons. The third-order valence-electron chi connectivity index (χ3n) is 6.71. The Hall–Kier alpha value is -3.00. The molecule has 0 unspecified atom stereocenters. The lowest BCUT2D eigenvalue weighted by Crippen LogP contribution is -2.25. The lowest BCUT2D eigenvalue weighted by Gasteiger charge is -2.13. The maximum Gasteiger partial charge on any atom is 0.255 e. The summed E-state index contributed by atoms with van der Waals surface area (Å²) in [5.74, 6) is 0.581. The summed E-state index contributed by atoms with van der Waals surface area (Å²) >= 11 is 0. The SMILES string of the molecule is Cc1c(NC(=O)c2ccc(OC[C@H]3CCCO3)cc2)ccc2cc(CNC[C@H]3CCCO3)cnc12. The molecule has 1 amide bonds. The fourth-order valence-electron chi connectivity index (χ4n) is 4.67. The van der Waals surface area contributed by atoms with Gasteiger partial charge in [0.2, 0.25) is 0 Å². The van der Waals surface area contributed by atoms with Crippen molar-refractivity contribution in [3.8, 4) is 5.75 Å². The fourth-order valence-corrected chi connectivity index (χ4v) is 4.67. The van der Waals surface area contributed by atoms with Crippen molar-refractivity contribution in [2.75, 3.05) is 31.7 Å². The summed E-state index contributed by atoms with van der Waals surface area (Å²) in [5, 5.41) is 7.56. The molecule has 2 aromatic carbocycles. The number of carbonyl (C=O) groups excluding carboxylic acids is 1. The highest BCUT2D eigenvalue weighted by Crippen LogP contribution is 2.25. The number of anilines is 1. The van der Waals surface area contributed by atoms with Crippen LogP contribution in [0.1, 0.15) is 47.2 Å². The first kappa shape index (κ1) is 23.7. The first-order chi connectivity index (χ1) is 17.2. The molecule has 2 fully saturated rings. The van der Waals surface area contributed by atoms with E-state index in [9.17, 15) is 4.79 Å². The minimum atomic E-state index is -0.159. The highest BCUT2D eigenvalue weighted by molar-refractivity contribution is 6.06. The molecule has 7 heteroatoms. The molecule has 184 valence electrons. The van der Waals surface area contributed by atoms with Gasteiger partial charge in [0.25, 0.3) is 5.91 Å². The Bertz CT molecular complexity index is 1150. The van der Waals surface area contributed by atoms with Gasteiger partial charge in [-0.3, -0.25) is 9.78 Å². The van der Waals surface area contributed by atoms with Gasteiger partial charge in [-0.15, -0.1) is 0 Å². The number of pyridine rings is 1. The number of nitrogens with zero attached hydrogens (tertiary/aromatic N) is 1. The minimum Gasteiger partial charge on any atom is -0.491 e. The van der Waals surface area contributed by atoms with E-state index in [-0.39, 0.29) is 12.0 Å². The summed E-state index contributed by atoms with van der Waals surface area (Å²) in [6, 6.07) is 13.3. The molecule has 1 aromatic heterocycles. The van der Waals surface area contributed by atoms with Crippen LogP contribution in [0.15, 0.2) is 48.7 Å². The molecule has 2 atom stereocenters. The van der Waals surface area contributed by atoms with E-state index in [1.165, 1.54) is 0 Å². The first-order valence-electron chi connectivity index (χ1n) is 12.5. The van der Waals surface area contributed by atoms with Crippen LogP contribution in [-0.2, 0) is 16.0 Å². The van der Waals surface area contributed by atoms with Crippen LogP contribution in [0.25, 0.3) is 10.9 Å². The Kier molecular flexibility index (Phi) is 7.57. The predicted octanol–water partition coefficient (Wildman–Crippen LogP) is 4.62. The summed E-state index contributed by atoms with van der Waals surface area (Å²) < 4.78 is 17.0. The number of amides is 1. The third-order valence-corrected chi connectivity index (χ3v) is 6.71. The molecule has 2 saturated heterocycles. The first-order valence-corrected chi connectivity index (χ1v) is 12.5. The van der Waals surface area contributed by atoms with E-state index in [1.54, 1.807) is 12.1 Å². The van der Waals surface area contributed by atoms with Gasteiger partial charge in [0, 0.05) is 49.1 Å². The molecular formula is C28H33N3O4. The van der Waals surface area contributed by atoms with E-state index in [0.717, 1.165) is 85.5 Å². The van der Waals surface area contributed by atoms with Gasteiger partial charge in [0.15, 0.2) is 0 Å². The number of rotatable bonds is 9. The molecule has 0 bridgehead atoms. The predicted molar refractivity (Wildman–Crippen MR) is 136 cm³/mol. The van der Waals surface area contributed by atoms with Gasteiger partial charge in [0.1, 0.15) is 12.4 Å². The van der Waals surface area contributed by atoms with Gasteiger partial charge in [-0.05, 0) is 80.1 Å². The van der Waals surface area contributed by atoms with E-state index >= 15 is 0 Å². The highest BCUT2D eigenvalue weighted by atomic mass is 16.5. The quantitative estimate of drug-likeness (QED) is 0.470. The smallest absolute Gasteiger partial charge is 0.255 e. The number of nitrogens with one attached hydrogen (secondary N) is 2. The van der Waals surface area contributed by atoms with Crippen molar-refractivity contribution in [1.29, 1.82) is 0 Å². The van der Waals surface area contributed by atoms with Gasteiger partial charge in [-0.2, -0.15) is 0 Å². The molecule has 5 rings (SSSR count). The monoisotopic (exact) mass is 475 g/mol. The summed E-state index contributed by atoms with van der Waals surface area (Å²) in [6.07, 6.45) is 6.80. The zero-order valence-corrected chi connectivity index (χ0v) is 20.2. The maximum atomic E-state index is 12.9. The largest absolute Gasteiger partial charge is 0.491 e.